The normalized spacial score (nSPS) is 16.4. The first-order valence-corrected chi connectivity index (χ1v) is 7.53. The number of nitriles is 1. The molecule has 0 amide bonds. The average molecular weight is 309 g/mol. The van der Waals surface area contributed by atoms with Crippen LogP contribution in [0.2, 0.25) is 5.02 Å². The van der Waals surface area contributed by atoms with Gasteiger partial charge in [-0.15, -0.1) is 0 Å². The minimum absolute atomic E-state index is 0.110. The highest BCUT2D eigenvalue weighted by atomic mass is 35.5. The van der Waals surface area contributed by atoms with Gasteiger partial charge in [0.25, 0.3) is 0 Å². The molecule has 0 saturated carbocycles. The molecule has 1 aliphatic heterocycles. The zero-order valence-electron chi connectivity index (χ0n) is 12.7. The standard InChI is InChI=1S/C16H21ClN2O2/c1-4-21-15-13(17)6-5-11(7-18)14(15)12-8-19(9-12)16(2,3)10-20/h5-6,12,20H,4,8-10H2,1-3H3. The summed E-state index contributed by atoms with van der Waals surface area (Å²) < 4.78 is 5.66. The zero-order valence-corrected chi connectivity index (χ0v) is 13.4. The quantitative estimate of drug-likeness (QED) is 0.908. The van der Waals surface area contributed by atoms with E-state index in [4.69, 9.17) is 16.3 Å². The van der Waals surface area contributed by atoms with E-state index in [0.29, 0.717) is 22.9 Å². The molecule has 4 nitrogen and oxygen atoms in total. The Morgan fingerprint density at radius 1 is 1.48 bits per heavy atom. The molecule has 21 heavy (non-hydrogen) atoms. The lowest BCUT2D eigenvalue weighted by Gasteiger charge is -2.49. The van der Waals surface area contributed by atoms with E-state index in [0.717, 1.165) is 18.7 Å². The molecule has 5 heteroatoms. The topological polar surface area (TPSA) is 56.5 Å². The van der Waals surface area contributed by atoms with Gasteiger partial charge >= 0.3 is 0 Å². The molecule has 1 aliphatic rings. The van der Waals surface area contributed by atoms with Crippen molar-refractivity contribution in [1.82, 2.24) is 4.90 Å². The molecule has 0 atom stereocenters. The first-order valence-electron chi connectivity index (χ1n) is 7.15. The number of hydrogen-bond donors (Lipinski definition) is 1. The van der Waals surface area contributed by atoms with Gasteiger partial charge in [-0.05, 0) is 32.9 Å². The molecule has 114 valence electrons. The van der Waals surface area contributed by atoms with Gasteiger partial charge in [0.1, 0.15) is 5.75 Å². The van der Waals surface area contributed by atoms with Gasteiger partial charge < -0.3 is 9.84 Å². The maximum absolute atomic E-state index is 9.43. The van der Waals surface area contributed by atoms with Crippen molar-refractivity contribution in [3.05, 3.63) is 28.3 Å². The van der Waals surface area contributed by atoms with Crippen molar-refractivity contribution >= 4 is 11.6 Å². The Kier molecular flexibility index (Phi) is 4.77. The summed E-state index contributed by atoms with van der Waals surface area (Å²) in [6.45, 7) is 8.14. The molecule has 1 fully saturated rings. The Morgan fingerprint density at radius 3 is 2.67 bits per heavy atom. The third-order valence-electron chi connectivity index (χ3n) is 4.09. The maximum atomic E-state index is 9.43. The summed E-state index contributed by atoms with van der Waals surface area (Å²) in [4.78, 5) is 2.20. The summed E-state index contributed by atoms with van der Waals surface area (Å²) in [5.74, 6) is 0.843. The Hall–Kier alpha value is -1.28. The fourth-order valence-corrected chi connectivity index (χ4v) is 2.84. The van der Waals surface area contributed by atoms with E-state index in [2.05, 4.69) is 11.0 Å². The van der Waals surface area contributed by atoms with Gasteiger partial charge in [0, 0.05) is 30.1 Å². The second-order valence-electron chi connectivity index (χ2n) is 5.96. The summed E-state index contributed by atoms with van der Waals surface area (Å²) in [7, 11) is 0. The lowest BCUT2D eigenvalue weighted by Crippen LogP contribution is -2.57. The Bertz CT molecular complexity index is 560. The molecule has 1 heterocycles. The minimum atomic E-state index is -0.242. The van der Waals surface area contributed by atoms with Crippen LogP contribution in [0.4, 0.5) is 0 Å². The molecule has 0 radical (unpaired) electrons. The molecule has 0 unspecified atom stereocenters. The summed E-state index contributed by atoms with van der Waals surface area (Å²) in [5.41, 5.74) is 1.28. The maximum Gasteiger partial charge on any atom is 0.142 e. The van der Waals surface area contributed by atoms with Gasteiger partial charge in [-0.3, -0.25) is 4.90 Å². The number of aliphatic hydroxyl groups excluding tert-OH is 1. The number of rotatable bonds is 5. The fraction of sp³-hybridized carbons (Fsp3) is 0.562. The molecule has 1 saturated heterocycles. The van der Waals surface area contributed by atoms with Crippen LogP contribution < -0.4 is 4.74 Å². The Balaban J connectivity index is 2.29. The predicted molar refractivity (Wildman–Crippen MR) is 82.8 cm³/mol. The lowest BCUT2D eigenvalue weighted by atomic mass is 9.84. The van der Waals surface area contributed by atoms with Crippen LogP contribution in [0, 0.1) is 11.3 Å². The van der Waals surface area contributed by atoms with Gasteiger partial charge in [0.15, 0.2) is 0 Å². The number of nitrogens with zero attached hydrogens (tertiary/aromatic N) is 2. The largest absolute Gasteiger partial charge is 0.492 e. The lowest BCUT2D eigenvalue weighted by molar-refractivity contribution is -0.00310. The van der Waals surface area contributed by atoms with Gasteiger partial charge in [0.05, 0.1) is 29.9 Å². The number of benzene rings is 1. The van der Waals surface area contributed by atoms with E-state index in [-0.39, 0.29) is 18.1 Å². The predicted octanol–water partition coefficient (Wildman–Crippen LogP) is 2.78. The van der Waals surface area contributed by atoms with Crippen LogP contribution in [0.25, 0.3) is 0 Å². The van der Waals surface area contributed by atoms with Crippen molar-refractivity contribution in [3.8, 4) is 11.8 Å². The van der Waals surface area contributed by atoms with Crippen LogP contribution in [0.3, 0.4) is 0 Å². The van der Waals surface area contributed by atoms with E-state index in [1.54, 1.807) is 12.1 Å². The monoisotopic (exact) mass is 308 g/mol. The summed E-state index contributed by atoms with van der Waals surface area (Å²) in [5, 5.41) is 19.3. The smallest absolute Gasteiger partial charge is 0.142 e. The first kappa shape index (κ1) is 16.1. The van der Waals surface area contributed by atoms with Crippen molar-refractivity contribution < 1.29 is 9.84 Å². The zero-order chi connectivity index (χ0) is 15.6. The third-order valence-corrected chi connectivity index (χ3v) is 4.39. The number of halogens is 1. The van der Waals surface area contributed by atoms with Crippen LogP contribution in [0.5, 0.6) is 5.75 Å². The molecular formula is C16H21ClN2O2. The van der Waals surface area contributed by atoms with E-state index in [1.807, 2.05) is 20.8 Å². The second-order valence-corrected chi connectivity index (χ2v) is 6.36. The number of likely N-dealkylation sites (tertiary alicyclic amines) is 1. The molecule has 0 spiro atoms. The molecule has 1 aromatic rings. The van der Waals surface area contributed by atoms with Gasteiger partial charge in [0.2, 0.25) is 0 Å². The van der Waals surface area contributed by atoms with E-state index in [9.17, 15) is 10.4 Å². The summed E-state index contributed by atoms with van der Waals surface area (Å²) in [6.07, 6.45) is 0. The van der Waals surface area contributed by atoms with Crippen molar-refractivity contribution in [2.75, 3.05) is 26.3 Å². The Morgan fingerprint density at radius 2 is 2.14 bits per heavy atom. The van der Waals surface area contributed by atoms with Crippen LogP contribution in [0.15, 0.2) is 12.1 Å². The van der Waals surface area contributed by atoms with Crippen molar-refractivity contribution in [2.45, 2.75) is 32.2 Å². The van der Waals surface area contributed by atoms with Crippen molar-refractivity contribution in [1.29, 1.82) is 5.26 Å². The number of ether oxygens (including phenoxy) is 1. The summed E-state index contributed by atoms with van der Waals surface area (Å²) in [6, 6.07) is 5.69. The molecule has 1 N–H and O–H groups in total. The van der Waals surface area contributed by atoms with Gasteiger partial charge in [-0.1, -0.05) is 11.6 Å². The highest BCUT2D eigenvalue weighted by molar-refractivity contribution is 6.32. The molecular weight excluding hydrogens is 288 g/mol. The van der Waals surface area contributed by atoms with Crippen LogP contribution >= 0.6 is 11.6 Å². The molecule has 0 aliphatic carbocycles. The molecule has 0 aromatic heterocycles. The van der Waals surface area contributed by atoms with Gasteiger partial charge in [-0.2, -0.15) is 5.26 Å². The highest BCUT2D eigenvalue weighted by Crippen LogP contribution is 2.42. The SMILES string of the molecule is CCOc1c(Cl)ccc(C#N)c1C1CN(C(C)(C)CO)C1. The van der Waals surface area contributed by atoms with E-state index >= 15 is 0 Å². The average Bonchev–Trinajstić information content (AvgIpc) is 2.41. The fourth-order valence-electron chi connectivity index (χ4n) is 2.62. The molecule has 1 aromatic carbocycles. The first-order chi connectivity index (χ1) is 9.94. The van der Waals surface area contributed by atoms with Crippen molar-refractivity contribution in [3.63, 3.8) is 0 Å². The van der Waals surface area contributed by atoms with Crippen LogP contribution in [-0.2, 0) is 0 Å². The highest BCUT2D eigenvalue weighted by Gasteiger charge is 2.40. The van der Waals surface area contributed by atoms with E-state index in [1.165, 1.54) is 0 Å². The van der Waals surface area contributed by atoms with Crippen LogP contribution in [0.1, 0.15) is 37.8 Å². The van der Waals surface area contributed by atoms with E-state index < -0.39 is 0 Å². The molecule has 2 rings (SSSR count). The molecule has 0 bridgehead atoms. The second kappa shape index (κ2) is 6.23. The van der Waals surface area contributed by atoms with Crippen molar-refractivity contribution in [2.24, 2.45) is 0 Å². The van der Waals surface area contributed by atoms with Crippen LogP contribution in [-0.4, -0.2) is 41.8 Å². The third kappa shape index (κ3) is 3.01. The summed E-state index contributed by atoms with van der Waals surface area (Å²) >= 11 is 6.23. The van der Waals surface area contributed by atoms with Gasteiger partial charge in [-0.25, -0.2) is 0 Å². The minimum Gasteiger partial charge on any atom is -0.492 e. The number of aliphatic hydroxyl groups is 1. The number of hydrogen-bond acceptors (Lipinski definition) is 4. The Labute approximate surface area is 130 Å².